The van der Waals surface area contributed by atoms with Crippen LogP contribution in [0, 0.1) is 17.8 Å². The Bertz CT molecular complexity index is 574. The largest absolute Gasteiger partial charge is 0.508 e. The fourth-order valence-electron chi connectivity index (χ4n) is 3.54. The maximum absolute atomic E-state index is 12.6. The van der Waals surface area contributed by atoms with Crippen molar-refractivity contribution >= 4 is 11.9 Å². The number of rotatable bonds is 6. The fraction of sp³-hybridized carbons (Fsp3) is 0.600. The lowest BCUT2D eigenvalue weighted by molar-refractivity contribution is -0.145. The van der Waals surface area contributed by atoms with Crippen molar-refractivity contribution < 1.29 is 19.4 Å². The predicted octanol–water partition coefficient (Wildman–Crippen LogP) is 3.05. The molecule has 0 radical (unpaired) electrons. The summed E-state index contributed by atoms with van der Waals surface area (Å²) in [6, 6.07) is 5.92. The monoisotopic (exact) mass is 347 g/mol. The molecule has 2 N–H and O–H groups in total. The number of hydrogen-bond acceptors (Lipinski definition) is 4. The smallest absolute Gasteiger partial charge is 0.328 e. The maximum atomic E-state index is 12.6. The lowest BCUT2D eigenvalue weighted by Gasteiger charge is -2.31. The molecule has 1 atom stereocenters. The molecule has 25 heavy (non-hydrogen) atoms. The summed E-state index contributed by atoms with van der Waals surface area (Å²) < 4.78 is 4.84. The number of carbonyl (C=O) groups excluding carboxylic acids is 2. The van der Waals surface area contributed by atoms with Crippen molar-refractivity contribution in [3.63, 3.8) is 0 Å². The molecular formula is C20H29NO4. The van der Waals surface area contributed by atoms with E-state index in [1.54, 1.807) is 24.3 Å². The summed E-state index contributed by atoms with van der Waals surface area (Å²) in [6.45, 7) is 4.46. The van der Waals surface area contributed by atoms with Gasteiger partial charge in [0.2, 0.25) is 5.91 Å². The quantitative estimate of drug-likeness (QED) is 0.776. The van der Waals surface area contributed by atoms with Crippen LogP contribution >= 0.6 is 0 Å². The number of esters is 1. The van der Waals surface area contributed by atoms with E-state index in [0.29, 0.717) is 18.3 Å². The summed E-state index contributed by atoms with van der Waals surface area (Å²) in [5, 5.41) is 12.2. The fourth-order valence-corrected chi connectivity index (χ4v) is 3.54. The average molecular weight is 347 g/mol. The van der Waals surface area contributed by atoms with Crippen molar-refractivity contribution in [2.24, 2.45) is 17.8 Å². The lowest BCUT2D eigenvalue weighted by atomic mass is 9.76. The van der Waals surface area contributed by atoms with E-state index in [4.69, 9.17) is 4.74 Å². The van der Waals surface area contributed by atoms with Gasteiger partial charge in [-0.15, -0.1) is 0 Å². The molecule has 0 saturated heterocycles. The lowest BCUT2D eigenvalue weighted by Crippen LogP contribution is -2.46. The minimum atomic E-state index is -0.704. The number of methoxy groups -OCH3 is 1. The summed E-state index contributed by atoms with van der Waals surface area (Å²) in [6.07, 6.45) is 4.23. The van der Waals surface area contributed by atoms with Crippen molar-refractivity contribution in [2.75, 3.05) is 7.11 Å². The molecule has 1 fully saturated rings. The number of nitrogens with one attached hydrogen (secondary N) is 1. The Balaban J connectivity index is 1.96. The zero-order valence-corrected chi connectivity index (χ0v) is 15.3. The van der Waals surface area contributed by atoms with Gasteiger partial charge in [0.05, 0.1) is 7.11 Å². The Kier molecular flexibility index (Phi) is 6.85. The van der Waals surface area contributed by atoms with Crippen LogP contribution < -0.4 is 5.32 Å². The zero-order valence-electron chi connectivity index (χ0n) is 15.3. The highest BCUT2D eigenvalue weighted by Crippen LogP contribution is 2.33. The van der Waals surface area contributed by atoms with Gasteiger partial charge in [-0.3, -0.25) is 4.79 Å². The summed E-state index contributed by atoms with van der Waals surface area (Å²) in [7, 11) is 1.33. The first-order chi connectivity index (χ1) is 11.9. The molecule has 0 bridgehead atoms. The molecule has 0 aliphatic heterocycles. The molecule has 138 valence electrons. The van der Waals surface area contributed by atoms with E-state index in [9.17, 15) is 14.7 Å². The molecule has 1 aromatic carbocycles. The number of amides is 1. The van der Waals surface area contributed by atoms with Crippen LogP contribution in [0.4, 0.5) is 0 Å². The van der Waals surface area contributed by atoms with Crippen molar-refractivity contribution in [3.05, 3.63) is 29.8 Å². The zero-order chi connectivity index (χ0) is 18.4. The molecule has 2 rings (SSSR count). The molecule has 1 amide bonds. The summed E-state index contributed by atoms with van der Waals surface area (Å²) in [4.78, 5) is 24.6. The summed E-state index contributed by atoms with van der Waals surface area (Å²) in [5.74, 6) is 0.985. The molecule has 1 aromatic rings. The van der Waals surface area contributed by atoms with Crippen LogP contribution in [0.25, 0.3) is 0 Å². The third kappa shape index (κ3) is 5.48. The van der Waals surface area contributed by atoms with Gasteiger partial charge in [-0.05, 0) is 55.2 Å². The SMILES string of the molecule is COC(=O)[C@H](Cc1ccc(O)cc1)NC(=O)C1CCC(C(C)C)CC1. The van der Waals surface area contributed by atoms with Gasteiger partial charge in [0.1, 0.15) is 11.8 Å². The minimum Gasteiger partial charge on any atom is -0.508 e. The second-order valence-electron chi connectivity index (χ2n) is 7.31. The Morgan fingerprint density at radius 3 is 2.28 bits per heavy atom. The van der Waals surface area contributed by atoms with E-state index in [1.165, 1.54) is 7.11 Å². The molecule has 0 spiro atoms. The maximum Gasteiger partial charge on any atom is 0.328 e. The van der Waals surface area contributed by atoms with Gasteiger partial charge in [-0.2, -0.15) is 0 Å². The van der Waals surface area contributed by atoms with Gasteiger partial charge >= 0.3 is 5.97 Å². The van der Waals surface area contributed by atoms with Crippen LogP contribution in [0.1, 0.15) is 45.1 Å². The molecule has 1 saturated carbocycles. The van der Waals surface area contributed by atoms with Crippen LogP contribution in [-0.2, 0) is 20.7 Å². The molecule has 0 heterocycles. The number of ether oxygens (including phenoxy) is 1. The molecule has 5 heteroatoms. The van der Waals surface area contributed by atoms with Crippen LogP contribution in [0.2, 0.25) is 0 Å². The van der Waals surface area contributed by atoms with Gasteiger partial charge < -0.3 is 15.2 Å². The average Bonchev–Trinajstić information content (AvgIpc) is 2.62. The van der Waals surface area contributed by atoms with Crippen molar-refractivity contribution in [1.29, 1.82) is 0 Å². The first kappa shape index (κ1) is 19.3. The standard InChI is InChI=1S/C20H29NO4/c1-13(2)15-6-8-16(9-7-15)19(23)21-18(20(24)25-3)12-14-4-10-17(22)11-5-14/h4-5,10-11,13,15-16,18,22H,6-9,12H2,1-3H3,(H,21,23)/t15?,16?,18-/m0/s1. The Labute approximate surface area is 149 Å². The van der Waals surface area contributed by atoms with E-state index < -0.39 is 12.0 Å². The van der Waals surface area contributed by atoms with Gasteiger partial charge in [0.25, 0.3) is 0 Å². The van der Waals surface area contributed by atoms with E-state index in [1.807, 2.05) is 0 Å². The number of phenols is 1. The van der Waals surface area contributed by atoms with E-state index in [-0.39, 0.29) is 17.6 Å². The van der Waals surface area contributed by atoms with Crippen LogP contribution in [0.5, 0.6) is 5.75 Å². The number of benzene rings is 1. The molecular weight excluding hydrogens is 318 g/mol. The van der Waals surface area contributed by atoms with E-state index >= 15 is 0 Å². The summed E-state index contributed by atoms with van der Waals surface area (Å²) in [5.41, 5.74) is 0.858. The number of phenolic OH excluding ortho intramolecular Hbond substituents is 1. The van der Waals surface area contributed by atoms with Gasteiger partial charge in [0, 0.05) is 12.3 Å². The highest BCUT2D eigenvalue weighted by Gasteiger charge is 2.30. The van der Waals surface area contributed by atoms with Gasteiger partial charge in [-0.25, -0.2) is 4.79 Å². The second kappa shape index (κ2) is 8.88. The summed E-state index contributed by atoms with van der Waals surface area (Å²) >= 11 is 0. The normalized spacial score (nSPS) is 21.6. The van der Waals surface area contributed by atoms with Crippen molar-refractivity contribution in [2.45, 2.75) is 52.0 Å². The highest BCUT2D eigenvalue weighted by atomic mass is 16.5. The van der Waals surface area contributed by atoms with Crippen LogP contribution in [-0.4, -0.2) is 30.1 Å². The Hall–Kier alpha value is -2.04. The Morgan fingerprint density at radius 1 is 1.16 bits per heavy atom. The number of carbonyl (C=O) groups is 2. The number of hydrogen-bond donors (Lipinski definition) is 2. The predicted molar refractivity (Wildman–Crippen MR) is 96.0 cm³/mol. The van der Waals surface area contributed by atoms with E-state index in [2.05, 4.69) is 19.2 Å². The van der Waals surface area contributed by atoms with Crippen molar-refractivity contribution in [1.82, 2.24) is 5.32 Å². The third-order valence-electron chi connectivity index (χ3n) is 5.26. The van der Waals surface area contributed by atoms with E-state index in [0.717, 1.165) is 31.2 Å². The molecule has 5 nitrogen and oxygen atoms in total. The van der Waals surface area contributed by atoms with Gasteiger partial charge in [0.15, 0.2) is 0 Å². The topological polar surface area (TPSA) is 75.6 Å². The first-order valence-electron chi connectivity index (χ1n) is 9.06. The number of aromatic hydroxyl groups is 1. The second-order valence-corrected chi connectivity index (χ2v) is 7.31. The van der Waals surface area contributed by atoms with Crippen molar-refractivity contribution in [3.8, 4) is 5.75 Å². The minimum absolute atomic E-state index is 0.0260. The van der Waals surface area contributed by atoms with Crippen LogP contribution in [0.3, 0.4) is 0 Å². The molecule has 0 unspecified atom stereocenters. The molecule has 1 aliphatic rings. The van der Waals surface area contributed by atoms with Crippen LogP contribution in [0.15, 0.2) is 24.3 Å². The molecule has 0 aromatic heterocycles. The Morgan fingerprint density at radius 2 is 1.76 bits per heavy atom. The highest BCUT2D eigenvalue weighted by molar-refractivity contribution is 5.86. The van der Waals surface area contributed by atoms with Gasteiger partial charge in [-0.1, -0.05) is 26.0 Å². The first-order valence-corrected chi connectivity index (χ1v) is 9.06. The third-order valence-corrected chi connectivity index (χ3v) is 5.26. The molecule has 1 aliphatic carbocycles.